The first kappa shape index (κ1) is 19.0. The fraction of sp³-hybridized carbons (Fsp3) is 0.611. The highest BCUT2D eigenvalue weighted by Crippen LogP contribution is 2.39. The summed E-state index contributed by atoms with van der Waals surface area (Å²) in [4.78, 5) is 4.29. The van der Waals surface area contributed by atoms with Crippen molar-refractivity contribution >= 4 is 16.0 Å². The molecule has 1 saturated heterocycles. The number of para-hydroxylation sites is 1. The van der Waals surface area contributed by atoms with Gasteiger partial charge in [-0.15, -0.1) is 0 Å². The number of fused-ring (bicyclic) bond motifs is 1. The highest BCUT2D eigenvalue weighted by molar-refractivity contribution is 7.89. The molecule has 1 unspecified atom stereocenters. The van der Waals surface area contributed by atoms with Crippen LogP contribution in [0.5, 0.6) is 5.75 Å². The van der Waals surface area contributed by atoms with Crippen LogP contribution in [-0.2, 0) is 10.0 Å². The van der Waals surface area contributed by atoms with Crippen LogP contribution in [0.15, 0.2) is 29.3 Å². The molecule has 1 atom stereocenters. The number of benzene rings is 1. The van der Waals surface area contributed by atoms with Crippen molar-refractivity contribution in [2.45, 2.75) is 38.3 Å². The predicted molar refractivity (Wildman–Crippen MR) is 103 cm³/mol. The van der Waals surface area contributed by atoms with Gasteiger partial charge < -0.3 is 15.4 Å². The van der Waals surface area contributed by atoms with Gasteiger partial charge in [-0.05, 0) is 26.3 Å². The Bertz CT molecular complexity index is 776. The zero-order chi connectivity index (χ0) is 18.8. The molecule has 3 rings (SSSR count). The molecule has 0 aromatic heterocycles. The van der Waals surface area contributed by atoms with Gasteiger partial charge in [-0.25, -0.2) is 12.7 Å². The topological polar surface area (TPSA) is 83.0 Å². The van der Waals surface area contributed by atoms with Crippen LogP contribution in [0.3, 0.4) is 0 Å². The van der Waals surface area contributed by atoms with E-state index >= 15 is 0 Å². The molecular weight excluding hydrogens is 352 g/mol. The van der Waals surface area contributed by atoms with Crippen molar-refractivity contribution in [3.8, 4) is 5.75 Å². The molecule has 1 aromatic rings. The lowest BCUT2D eigenvalue weighted by Gasteiger charge is -2.38. The second-order valence-electron chi connectivity index (χ2n) is 7.37. The minimum atomic E-state index is -3.06. The number of rotatable bonds is 4. The van der Waals surface area contributed by atoms with E-state index in [2.05, 4.69) is 35.5 Å². The van der Waals surface area contributed by atoms with Gasteiger partial charge in [0.05, 0.1) is 11.8 Å². The van der Waals surface area contributed by atoms with E-state index in [-0.39, 0.29) is 17.4 Å². The maximum Gasteiger partial charge on any atom is 0.214 e. The Morgan fingerprint density at radius 3 is 2.85 bits per heavy atom. The monoisotopic (exact) mass is 380 g/mol. The van der Waals surface area contributed by atoms with E-state index in [1.54, 1.807) is 11.4 Å². The number of nitrogens with zero attached hydrogens (tertiary/aromatic N) is 2. The Hall–Kier alpha value is -1.80. The third-order valence-electron chi connectivity index (χ3n) is 4.77. The molecule has 0 bridgehead atoms. The molecule has 0 radical (unpaired) electrons. The van der Waals surface area contributed by atoms with Gasteiger partial charge in [-0.3, -0.25) is 4.99 Å². The second kappa shape index (κ2) is 7.44. The summed E-state index contributed by atoms with van der Waals surface area (Å²) in [6.07, 6.45) is 1.52. The van der Waals surface area contributed by atoms with Gasteiger partial charge in [0.15, 0.2) is 5.96 Å². The zero-order valence-corrected chi connectivity index (χ0v) is 16.5. The van der Waals surface area contributed by atoms with E-state index < -0.39 is 10.0 Å². The van der Waals surface area contributed by atoms with E-state index in [4.69, 9.17) is 4.74 Å². The summed E-state index contributed by atoms with van der Waals surface area (Å²) in [5, 5.41) is 6.69. The van der Waals surface area contributed by atoms with Crippen LogP contribution in [0.1, 0.15) is 38.3 Å². The first-order valence-electron chi connectivity index (χ1n) is 9.04. The first-order chi connectivity index (χ1) is 12.3. The van der Waals surface area contributed by atoms with E-state index in [1.165, 1.54) is 0 Å². The molecular formula is C18H28N4O3S. The summed E-state index contributed by atoms with van der Waals surface area (Å²) in [7, 11) is -1.34. The molecule has 144 valence electrons. The lowest BCUT2D eigenvalue weighted by atomic mass is 9.90. The summed E-state index contributed by atoms with van der Waals surface area (Å²) in [5.41, 5.74) is 0.839. The maximum atomic E-state index is 11.9. The number of aliphatic imine (C=N–C) groups is 1. The van der Waals surface area contributed by atoms with E-state index in [0.29, 0.717) is 32.0 Å². The molecule has 2 aliphatic heterocycles. The number of guanidine groups is 1. The average Bonchev–Trinajstić information content (AvgIpc) is 2.91. The molecule has 0 amide bonds. The first-order valence-corrected chi connectivity index (χ1v) is 10.6. The molecule has 1 fully saturated rings. The van der Waals surface area contributed by atoms with Gasteiger partial charge in [0.2, 0.25) is 10.0 Å². The molecule has 0 spiro atoms. The summed E-state index contributed by atoms with van der Waals surface area (Å²) in [6.45, 7) is 5.74. The molecule has 2 heterocycles. The van der Waals surface area contributed by atoms with Crippen molar-refractivity contribution in [3.05, 3.63) is 29.8 Å². The lowest BCUT2D eigenvalue weighted by Crippen LogP contribution is -2.46. The van der Waals surface area contributed by atoms with E-state index in [1.807, 2.05) is 18.2 Å². The molecule has 8 heteroatoms. The SMILES string of the molecule is CN=C(NCCN1CCCS1(=O)=O)NC1CC(C)(C)Oc2ccccc21. The summed E-state index contributed by atoms with van der Waals surface area (Å²) in [6, 6.07) is 8.10. The third kappa shape index (κ3) is 4.29. The van der Waals surface area contributed by atoms with Crippen molar-refractivity contribution in [1.82, 2.24) is 14.9 Å². The van der Waals surface area contributed by atoms with Crippen molar-refractivity contribution in [2.24, 2.45) is 4.99 Å². The molecule has 7 nitrogen and oxygen atoms in total. The molecule has 2 aliphatic rings. The van der Waals surface area contributed by atoms with Crippen molar-refractivity contribution in [2.75, 3.05) is 32.4 Å². The number of hydrogen-bond donors (Lipinski definition) is 2. The van der Waals surface area contributed by atoms with Gasteiger partial charge in [-0.1, -0.05) is 18.2 Å². The van der Waals surface area contributed by atoms with Crippen LogP contribution in [0.25, 0.3) is 0 Å². The molecule has 0 aliphatic carbocycles. The number of sulfonamides is 1. The van der Waals surface area contributed by atoms with Crippen molar-refractivity contribution in [1.29, 1.82) is 0 Å². The Morgan fingerprint density at radius 1 is 1.38 bits per heavy atom. The Labute approximate surface area is 155 Å². The number of nitrogens with one attached hydrogen (secondary N) is 2. The van der Waals surface area contributed by atoms with Crippen LogP contribution < -0.4 is 15.4 Å². The number of ether oxygens (including phenoxy) is 1. The van der Waals surface area contributed by atoms with Crippen LogP contribution in [0.4, 0.5) is 0 Å². The molecule has 2 N–H and O–H groups in total. The third-order valence-corrected chi connectivity index (χ3v) is 6.72. The molecule has 26 heavy (non-hydrogen) atoms. The Balaban J connectivity index is 1.61. The predicted octanol–water partition coefficient (Wildman–Crippen LogP) is 1.49. The summed E-state index contributed by atoms with van der Waals surface area (Å²) < 4.78 is 31.3. The van der Waals surface area contributed by atoms with Crippen LogP contribution in [0.2, 0.25) is 0 Å². The van der Waals surface area contributed by atoms with Gasteiger partial charge in [0.1, 0.15) is 11.4 Å². The standard InChI is InChI=1S/C18H28N4O3S/c1-18(2)13-15(14-7-4-5-8-16(14)25-18)21-17(19-3)20-9-11-22-10-6-12-26(22,23)24/h4-5,7-8,15H,6,9-13H2,1-3H3,(H2,19,20,21). The lowest BCUT2D eigenvalue weighted by molar-refractivity contribution is 0.0694. The average molecular weight is 381 g/mol. The molecule has 0 saturated carbocycles. The fourth-order valence-corrected chi connectivity index (χ4v) is 5.06. The molecule has 1 aromatic carbocycles. The van der Waals surface area contributed by atoms with Gasteiger partial charge in [0, 0.05) is 38.7 Å². The van der Waals surface area contributed by atoms with Crippen molar-refractivity contribution < 1.29 is 13.2 Å². The smallest absolute Gasteiger partial charge is 0.214 e. The van der Waals surface area contributed by atoms with E-state index in [9.17, 15) is 8.42 Å². The number of hydrogen-bond acceptors (Lipinski definition) is 4. The van der Waals surface area contributed by atoms with Gasteiger partial charge >= 0.3 is 0 Å². The Morgan fingerprint density at radius 2 is 2.15 bits per heavy atom. The van der Waals surface area contributed by atoms with Gasteiger partial charge in [-0.2, -0.15) is 0 Å². The van der Waals surface area contributed by atoms with Crippen LogP contribution >= 0.6 is 0 Å². The Kier molecular flexibility index (Phi) is 5.43. The highest BCUT2D eigenvalue weighted by atomic mass is 32.2. The van der Waals surface area contributed by atoms with Crippen molar-refractivity contribution in [3.63, 3.8) is 0 Å². The quantitative estimate of drug-likeness (QED) is 0.611. The minimum Gasteiger partial charge on any atom is -0.487 e. The minimum absolute atomic E-state index is 0.0802. The zero-order valence-electron chi connectivity index (χ0n) is 15.7. The maximum absolute atomic E-state index is 11.9. The second-order valence-corrected chi connectivity index (χ2v) is 9.46. The van der Waals surface area contributed by atoms with E-state index in [0.717, 1.165) is 17.7 Å². The van der Waals surface area contributed by atoms with Crippen LogP contribution in [-0.4, -0.2) is 56.7 Å². The van der Waals surface area contributed by atoms with Crippen LogP contribution in [0, 0.1) is 0 Å². The normalized spacial score (nSPS) is 24.6. The largest absolute Gasteiger partial charge is 0.487 e. The van der Waals surface area contributed by atoms with Gasteiger partial charge in [0.25, 0.3) is 0 Å². The summed E-state index contributed by atoms with van der Waals surface area (Å²) in [5.74, 6) is 1.81. The highest BCUT2D eigenvalue weighted by Gasteiger charge is 2.34. The summed E-state index contributed by atoms with van der Waals surface area (Å²) >= 11 is 0. The fourth-order valence-electron chi connectivity index (χ4n) is 3.53.